The number of fused-ring (bicyclic) bond motifs is 5. The van der Waals surface area contributed by atoms with Gasteiger partial charge in [0.05, 0.1) is 11.0 Å². The van der Waals surface area contributed by atoms with Gasteiger partial charge < -0.3 is 9.47 Å². The molecule has 0 fully saturated rings. The summed E-state index contributed by atoms with van der Waals surface area (Å²) in [4.78, 5) is 2.33. The maximum atomic E-state index is 2.43. The molecule has 0 saturated heterocycles. The van der Waals surface area contributed by atoms with Gasteiger partial charge in [-0.2, -0.15) is 0 Å². The van der Waals surface area contributed by atoms with Crippen molar-refractivity contribution in [1.29, 1.82) is 0 Å². The molecule has 0 radical (unpaired) electrons. The van der Waals surface area contributed by atoms with Gasteiger partial charge in [0.2, 0.25) is 0 Å². The molecular formula is C50H34N2. The van der Waals surface area contributed by atoms with Crippen LogP contribution in [-0.4, -0.2) is 4.57 Å². The SMILES string of the molecule is c1ccc(-c2c3ccccc3c(-c3cccc(-n4c5ccccc5c5cc(N(c6ccccc6)c6ccccc6)ccc54)c3)c3ccccc23)cc1. The summed E-state index contributed by atoms with van der Waals surface area (Å²) >= 11 is 0. The van der Waals surface area contributed by atoms with Crippen molar-refractivity contribution in [1.82, 2.24) is 4.57 Å². The lowest BCUT2D eigenvalue weighted by Gasteiger charge is -2.25. The second-order valence-corrected chi connectivity index (χ2v) is 13.3. The average Bonchev–Trinajstić information content (AvgIpc) is 3.55. The van der Waals surface area contributed by atoms with Gasteiger partial charge in [-0.05, 0) is 104 Å². The van der Waals surface area contributed by atoms with Gasteiger partial charge >= 0.3 is 0 Å². The van der Waals surface area contributed by atoms with Crippen LogP contribution < -0.4 is 4.90 Å². The first-order chi connectivity index (χ1) is 25.8. The lowest BCUT2D eigenvalue weighted by atomic mass is 9.86. The Bertz CT molecular complexity index is 2790. The third-order valence-corrected chi connectivity index (χ3v) is 10.3. The van der Waals surface area contributed by atoms with Crippen molar-refractivity contribution >= 4 is 60.4 Å². The minimum Gasteiger partial charge on any atom is -0.310 e. The molecule has 244 valence electrons. The maximum Gasteiger partial charge on any atom is 0.0542 e. The molecule has 2 heteroatoms. The molecule has 0 atom stereocenters. The number of hydrogen-bond acceptors (Lipinski definition) is 1. The number of aromatic nitrogens is 1. The molecule has 0 N–H and O–H groups in total. The Morgan fingerprint density at radius 1 is 0.288 bits per heavy atom. The maximum absolute atomic E-state index is 2.43. The van der Waals surface area contributed by atoms with E-state index in [0.29, 0.717) is 0 Å². The molecule has 10 rings (SSSR count). The van der Waals surface area contributed by atoms with Gasteiger partial charge in [0.25, 0.3) is 0 Å². The fraction of sp³-hybridized carbons (Fsp3) is 0. The van der Waals surface area contributed by atoms with Crippen LogP contribution in [0, 0.1) is 0 Å². The van der Waals surface area contributed by atoms with Gasteiger partial charge in [-0.1, -0.05) is 146 Å². The number of rotatable bonds is 6. The van der Waals surface area contributed by atoms with E-state index in [4.69, 9.17) is 0 Å². The van der Waals surface area contributed by atoms with E-state index in [1.807, 2.05) is 0 Å². The summed E-state index contributed by atoms with van der Waals surface area (Å²) < 4.78 is 2.43. The fourth-order valence-electron chi connectivity index (χ4n) is 8.14. The molecule has 0 aliphatic carbocycles. The Morgan fingerprint density at radius 3 is 1.35 bits per heavy atom. The van der Waals surface area contributed by atoms with Gasteiger partial charge in [0.1, 0.15) is 0 Å². The lowest BCUT2D eigenvalue weighted by molar-refractivity contribution is 1.18. The zero-order valence-corrected chi connectivity index (χ0v) is 28.5. The highest BCUT2D eigenvalue weighted by atomic mass is 15.1. The largest absolute Gasteiger partial charge is 0.310 e. The van der Waals surface area contributed by atoms with Gasteiger partial charge in [-0.25, -0.2) is 0 Å². The summed E-state index contributed by atoms with van der Waals surface area (Å²) in [5.41, 5.74) is 11.9. The van der Waals surface area contributed by atoms with Crippen LogP contribution >= 0.6 is 0 Å². The molecule has 1 aromatic heterocycles. The van der Waals surface area contributed by atoms with E-state index in [2.05, 4.69) is 216 Å². The van der Waals surface area contributed by atoms with Crippen LogP contribution in [0.5, 0.6) is 0 Å². The second kappa shape index (κ2) is 12.5. The van der Waals surface area contributed by atoms with Crippen LogP contribution in [-0.2, 0) is 0 Å². The lowest BCUT2D eigenvalue weighted by Crippen LogP contribution is -2.09. The fourth-order valence-corrected chi connectivity index (χ4v) is 8.14. The van der Waals surface area contributed by atoms with E-state index >= 15 is 0 Å². The molecule has 52 heavy (non-hydrogen) atoms. The Balaban J connectivity index is 1.19. The first-order valence-electron chi connectivity index (χ1n) is 17.9. The highest BCUT2D eigenvalue weighted by Gasteiger charge is 2.19. The molecule has 1 heterocycles. The minimum absolute atomic E-state index is 1.12. The number of nitrogens with zero attached hydrogens (tertiary/aromatic N) is 2. The van der Waals surface area contributed by atoms with Crippen molar-refractivity contribution in [3.8, 4) is 27.9 Å². The second-order valence-electron chi connectivity index (χ2n) is 13.3. The number of para-hydroxylation sites is 3. The van der Waals surface area contributed by atoms with Gasteiger partial charge in [0, 0.05) is 33.5 Å². The van der Waals surface area contributed by atoms with Crippen LogP contribution in [0.25, 0.3) is 71.3 Å². The van der Waals surface area contributed by atoms with Crippen LogP contribution in [0.1, 0.15) is 0 Å². The normalized spacial score (nSPS) is 11.5. The molecule has 0 bridgehead atoms. The van der Waals surface area contributed by atoms with Crippen LogP contribution in [0.3, 0.4) is 0 Å². The Labute approximate surface area is 303 Å². The van der Waals surface area contributed by atoms with Crippen LogP contribution in [0.4, 0.5) is 17.1 Å². The van der Waals surface area contributed by atoms with Crippen molar-refractivity contribution in [2.75, 3.05) is 4.90 Å². The van der Waals surface area contributed by atoms with Gasteiger partial charge in [-0.3, -0.25) is 0 Å². The van der Waals surface area contributed by atoms with Crippen molar-refractivity contribution in [3.63, 3.8) is 0 Å². The van der Waals surface area contributed by atoms with E-state index in [-0.39, 0.29) is 0 Å². The number of benzene rings is 9. The smallest absolute Gasteiger partial charge is 0.0542 e. The van der Waals surface area contributed by atoms with Crippen molar-refractivity contribution in [2.24, 2.45) is 0 Å². The monoisotopic (exact) mass is 662 g/mol. The average molecular weight is 663 g/mol. The highest BCUT2D eigenvalue weighted by molar-refractivity contribution is 6.21. The molecular weight excluding hydrogens is 629 g/mol. The van der Waals surface area contributed by atoms with E-state index in [9.17, 15) is 0 Å². The molecule has 0 amide bonds. The zero-order chi connectivity index (χ0) is 34.4. The topological polar surface area (TPSA) is 8.17 Å². The number of hydrogen-bond donors (Lipinski definition) is 0. The summed E-state index contributed by atoms with van der Waals surface area (Å²) in [7, 11) is 0. The molecule has 0 spiro atoms. The molecule has 0 saturated carbocycles. The standard InChI is InChI=1S/C50H34N2/c1-4-17-35(18-5-1)49-42-26-10-12-28-44(42)50(45-29-13-11-27-43(45)49)36-19-16-24-39(33-36)52-47-30-15-14-25-41(47)46-34-40(31-32-48(46)52)51(37-20-6-2-7-21-37)38-22-8-3-9-23-38/h1-34H. The summed E-state index contributed by atoms with van der Waals surface area (Å²) in [5, 5.41) is 7.49. The third kappa shape index (κ3) is 4.88. The highest BCUT2D eigenvalue weighted by Crippen LogP contribution is 2.45. The third-order valence-electron chi connectivity index (χ3n) is 10.3. The van der Waals surface area contributed by atoms with Gasteiger partial charge in [-0.15, -0.1) is 0 Å². The predicted molar refractivity (Wildman–Crippen MR) is 221 cm³/mol. The molecule has 9 aromatic carbocycles. The van der Waals surface area contributed by atoms with E-state index in [1.54, 1.807) is 0 Å². The van der Waals surface area contributed by atoms with Crippen molar-refractivity contribution < 1.29 is 0 Å². The van der Waals surface area contributed by atoms with Crippen molar-refractivity contribution in [2.45, 2.75) is 0 Å². The zero-order valence-electron chi connectivity index (χ0n) is 28.5. The molecule has 0 aliphatic rings. The Kier molecular flexibility index (Phi) is 7.18. The first-order valence-corrected chi connectivity index (χ1v) is 17.9. The minimum atomic E-state index is 1.12. The van der Waals surface area contributed by atoms with Crippen LogP contribution in [0.2, 0.25) is 0 Å². The summed E-state index contributed by atoms with van der Waals surface area (Å²) in [5.74, 6) is 0. The van der Waals surface area contributed by atoms with Gasteiger partial charge in [0.15, 0.2) is 0 Å². The predicted octanol–water partition coefficient (Wildman–Crippen LogP) is 13.9. The van der Waals surface area contributed by atoms with E-state index < -0.39 is 0 Å². The van der Waals surface area contributed by atoms with E-state index in [1.165, 1.54) is 65.6 Å². The first kappa shape index (κ1) is 30.0. The summed E-state index contributed by atoms with van der Waals surface area (Å²) in [6, 6.07) is 74.6. The van der Waals surface area contributed by atoms with Crippen molar-refractivity contribution in [3.05, 3.63) is 206 Å². The number of anilines is 3. The molecule has 2 nitrogen and oxygen atoms in total. The van der Waals surface area contributed by atoms with E-state index in [0.717, 1.165) is 22.7 Å². The molecule has 0 unspecified atom stereocenters. The molecule has 10 aromatic rings. The quantitative estimate of drug-likeness (QED) is 0.161. The summed E-state index contributed by atoms with van der Waals surface area (Å²) in [6.45, 7) is 0. The molecule has 0 aliphatic heterocycles. The van der Waals surface area contributed by atoms with Crippen LogP contribution in [0.15, 0.2) is 206 Å². The Morgan fingerprint density at radius 2 is 0.750 bits per heavy atom. The Hall–Kier alpha value is -6.90. The summed E-state index contributed by atoms with van der Waals surface area (Å²) in [6.07, 6.45) is 0.